The molecule has 2 aromatic rings. The fraction of sp³-hybridized carbons (Fsp3) is 0.537. The number of likely N-dealkylation sites (tertiary alicyclic amines) is 1. The first-order chi connectivity index (χ1) is 24.6. The predicted molar refractivity (Wildman–Crippen MR) is 202 cm³/mol. The molecular formula is C41H56N4O6. The number of amides is 3. The van der Waals surface area contributed by atoms with Gasteiger partial charge in [-0.15, -0.1) is 13.2 Å². The number of hydrogen-bond acceptors (Lipinski definition) is 7. The molecule has 3 aliphatic heterocycles. The predicted octanol–water partition coefficient (Wildman–Crippen LogP) is 5.84. The lowest BCUT2D eigenvalue weighted by atomic mass is 9.62. The van der Waals surface area contributed by atoms with Gasteiger partial charge in [0.15, 0.2) is 0 Å². The molecule has 2 aromatic carbocycles. The molecule has 1 spiro atoms. The second-order valence-corrected chi connectivity index (χ2v) is 14.1. The number of nitrogens with zero attached hydrogens (tertiary/aromatic N) is 4. The molecular weight excluding hydrogens is 644 g/mol. The third-order valence-corrected chi connectivity index (χ3v) is 11.3. The second-order valence-electron chi connectivity index (χ2n) is 14.1. The molecule has 3 saturated heterocycles. The summed E-state index contributed by atoms with van der Waals surface area (Å²) in [5, 5.41) is 9.46. The maximum Gasteiger partial charge on any atom is 0.253 e. The third-order valence-electron chi connectivity index (χ3n) is 11.3. The number of carbonyl (C=O) groups excluding carboxylic acids is 3. The van der Waals surface area contributed by atoms with Crippen LogP contribution in [0.1, 0.15) is 60.3 Å². The average molecular weight is 701 g/mol. The summed E-state index contributed by atoms with van der Waals surface area (Å²) in [5.41, 5.74) is 0.264. The van der Waals surface area contributed by atoms with Crippen LogP contribution in [0.5, 0.6) is 5.75 Å². The summed E-state index contributed by atoms with van der Waals surface area (Å²) in [7, 11) is 0. The van der Waals surface area contributed by atoms with E-state index in [4.69, 9.17) is 9.47 Å². The van der Waals surface area contributed by atoms with Crippen LogP contribution in [0, 0.1) is 17.8 Å². The summed E-state index contributed by atoms with van der Waals surface area (Å²) in [6.45, 7) is 21.1. The lowest BCUT2D eigenvalue weighted by molar-refractivity contribution is -0.145. The van der Waals surface area contributed by atoms with Crippen molar-refractivity contribution in [1.82, 2.24) is 4.90 Å². The Kier molecular flexibility index (Phi) is 12.0. The van der Waals surface area contributed by atoms with E-state index in [2.05, 4.69) is 38.8 Å². The van der Waals surface area contributed by atoms with Gasteiger partial charge < -0.3 is 34.2 Å². The van der Waals surface area contributed by atoms with E-state index < -0.39 is 29.1 Å². The van der Waals surface area contributed by atoms with Crippen LogP contribution in [0.25, 0.3) is 0 Å². The second kappa shape index (κ2) is 16.0. The number of benzene rings is 2. The van der Waals surface area contributed by atoms with E-state index in [1.807, 2.05) is 62.4 Å². The van der Waals surface area contributed by atoms with E-state index in [0.29, 0.717) is 56.0 Å². The average Bonchev–Trinajstić information content (AvgIpc) is 3.64. The van der Waals surface area contributed by atoms with Crippen molar-refractivity contribution in [3.05, 3.63) is 73.8 Å². The van der Waals surface area contributed by atoms with Crippen LogP contribution >= 0.6 is 0 Å². The van der Waals surface area contributed by atoms with E-state index in [9.17, 15) is 14.7 Å². The number of hydrogen-bond donors (Lipinski definition) is 1. The topological polar surface area (TPSA) is 103 Å². The number of rotatable bonds is 18. The normalized spacial score (nSPS) is 26.2. The summed E-state index contributed by atoms with van der Waals surface area (Å²) < 4.78 is 12.7. The minimum atomic E-state index is -1.20. The Labute approximate surface area is 303 Å². The minimum Gasteiger partial charge on any atom is -0.494 e. The Bertz CT molecular complexity index is 1560. The van der Waals surface area contributed by atoms with Gasteiger partial charge >= 0.3 is 0 Å². The monoisotopic (exact) mass is 700 g/mol. The van der Waals surface area contributed by atoms with Gasteiger partial charge in [0.05, 0.1) is 24.0 Å². The number of aliphatic hydroxyl groups is 1. The Hall–Kier alpha value is -4.15. The van der Waals surface area contributed by atoms with Gasteiger partial charge in [0.2, 0.25) is 11.8 Å². The molecule has 276 valence electrons. The standard InChI is InChI=1S/C41H56N4O6/c1-8-24-43(32-20-22-33(23-21-32)50-12-5)37(47)34-35-38(48)45(26-14-13-15-27-46)36(41(35)28-29(6)40(34,7)51-41)39(49)44(25-9-2)31-18-16-30(17-19-31)42(10-3)11-4/h8-9,16-23,29,34-36,46H,1-2,10-15,24-28H2,3-7H3/t29?,34-,35+,36?,40+,41?/m1/s1. The summed E-state index contributed by atoms with van der Waals surface area (Å²) in [6, 6.07) is 14.3. The number of ether oxygens (including phenoxy) is 2. The van der Waals surface area contributed by atoms with Gasteiger partial charge in [0, 0.05) is 56.4 Å². The number of aliphatic hydroxyl groups excluding tert-OH is 1. The smallest absolute Gasteiger partial charge is 0.253 e. The number of unbranched alkanes of at least 4 members (excludes halogenated alkanes) is 2. The van der Waals surface area contributed by atoms with Gasteiger partial charge in [-0.3, -0.25) is 14.4 Å². The minimum absolute atomic E-state index is 0.0553. The molecule has 3 heterocycles. The molecule has 3 unspecified atom stereocenters. The van der Waals surface area contributed by atoms with Gasteiger partial charge in [-0.25, -0.2) is 0 Å². The lowest BCUT2D eigenvalue weighted by Gasteiger charge is -2.39. The molecule has 6 atom stereocenters. The highest BCUT2D eigenvalue weighted by molar-refractivity contribution is 6.07. The van der Waals surface area contributed by atoms with Gasteiger partial charge in [0.1, 0.15) is 17.4 Å². The first-order valence-electron chi connectivity index (χ1n) is 18.6. The molecule has 1 N–H and O–H groups in total. The molecule has 3 fully saturated rings. The number of anilines is 3. The molecule has 2 bridgehead atoms. The highest BCUT2D eigenvalue weighted by Gasteiger charge is 2.80. The first-order valence-corrected chi connectivity index (χ1v) is 18.6. The molecule has 0 aromatic heterocycles. The molecule has 10 heteroatoms. The number of fused-ring (bicyclic) bond motifs is 1. The molecule has 10 nitrogen and oxygen atoms in total. The van der Waals surface area contributed by atoms with Gasteiger partial charge in [-0.05, 0) is 108 Å². The van der Waals surface area contributed by atoms with Crippen LogP contribution in [0.2, 0.25) is 0 Å². The van der Waals surface area contributed by atoms with E-state index in [0.717, 1.165) is 18.8 Å². The Morgan fingerprint density at radius 1 is 0.922 bits per heavy atom. The zero-order chi connectivity index (χ0) is 36.9. The Morgan fingerprint density at radius 2 is 1.49 bits per heavy atom. The SMILES string of the molecule is C=CCN(C(=O)C1N(CCCCCO)C(=O)[C@@H]2[C@H](C(=O)N(CC=C)c3ccc(OCC)cc3)[C@@]3(C)OC12CC3C)c1ccc(N(CC)CC)cc1. The summed E-state index contributed by atoms with van der Waals surface area (Å²) in [5.74, 6) is -1.77. The van der Waals surface area contributed by atoms with E-state index >= 15 is 4.79 Å². The molecule has 3 aliphatic rings. The van der Waals surface area contributed by atoms with Crippen molar-refractivity contribution in [1.29, 1.82) is 0 Å². The van der Waals surface area contributed by atoms with Crippen molar-refractivity contribution in [3.63, 3.8) is 0 Å². The van der Waals surface area contributed by atoms with E-state index in [-0.39, 0.29) is 43.3 Å². The maximum absolute atomic E-state index is 15.1. The van der Waals surface area contributed by atoms with Crippen molar-refractivity contribution in [2.75, 3.05) is 60.6 Å². The fourth-order valence-corrected chi connectivity index (χ4v) is 8.75. The van der Waals surface area contributed by atoms with Crippen LogP contribution in [-0.4, -0.2) is 90.9 Å². The largest absolute Gasteiger partial charge is 0.494 e. The van der Waals surface area contributed by atoms with E-state index in [1.165, 1.54) is 0 Å². The maximum atomic E-state index is 15.1. The lowest BCUT2D eigenvalue weighted by Crippen LogP contribution is -2.57. The molecule has 51 heavy (non-hydrogen) atoms. The zero-order valence-corrected chi connectivity index (χ0v) is 31.1. The summed E-state index contributed by atoms with van der Waals surface area (Å²) in [4.78, 5) is 52.1. The highest BCUT2D eigenvalue weighted by Crippen LogP contribution is 2.65. The van der Waals surface area contributed by atoms with Crippen LogP contribution in [0.4, 0.5) is 17.1 Å². The molecule has 3 amide bonds. The molecule has 0 saturated carbocycles. The third kappa shape index (κ3) is 6.80. The van der Waals surface area contributed by atoms with Crippen LogP contribution in [0.3, 0.4) is 0 Å². The zero-order valence-electron chi connectivity index (χ0n) is 31.1. The Balaban J connectivity index is 1.57. The number of carbonyl (C=O) groups is 3. The van der Waals surface area contributed by atoms with E-state index in [1.54, 1.807) is 26.9 Å². The van der Waals surface area contributed by atoms with Crippen LogP contribution in [0.15, 0.2) is 73.8 Å². The van der Waals surface area contributed by atoms with Crippen molar-refractivity contribution in [3.8, 4) is 5.75 Å². The van der Waals surface area contributed by atoms with Crippen LogP contribution < -0.4 is 19.4 Å². The highest BCUT2D eigenvalue weighted by atomic mass is 16.5. The summed E-state index contributed by atoms with van der Waals surface area (Å²) in [6.07, 6.45) is 5.76. The molecule has 0 radical (unpaired) electrons. The van der Waals surface area contributed by atoms with Gasteiger partial charge in [-0.2, -0.15) is 0 Å². The first kappa shape index (κ1) is 38.1. The summed E-state index contributed by atoms with van der Waals surface area (Å²) >= 11 is 0. The van der Waals surface area contributed by atoms with Crippen molar-refractivity contribution < 1.29 is 29.0 Å². The van der Waals surface area contributed by atoms with Gasteiger partial charge in [0.25, 0.3) is 5.91 Å². The van der Waals surface area contributed by atoms with Crippen molar-refractivity contribution in [2.45, 2.75) is 77.5 Å². The fourth-order valence-electron chi connectivity index (χ4n) is 8.75. The molecule has 5 rings (SSSR count). The van der Waals surface area contributed by atoms with Crippen molar-refractivity contribution >= 4 is 34.8 Å². The quantitative estimate of drug-likeness (QED) is 0.154. The molecule has 0 aliphatic carbocycles. The van der Waals surface area contributed by atoms with Crippen molar-refractivity contribution in [2.24, 2.45) is 17.8 Å². The van der Waals surface area contributed by atoms with Gasteiger partial charge in [-0.1, -0.05) is 19.1 Å². The Morgan fingerprint density at radius 3 is 2.04 bits per heavy atom. The van der Waals surface area contributed by atoms with Crippen LogP contribution in [-0.2, 0) is 19.1 Å².